The first kappa shape index (κ1) is 15.4. The Hall–Kier alpha value is -1.95. The van der Waals surface area contributed by atoms with Gasteiger partial charge in [0.2, 0.25) is 5.88 Å². The number of thioether (sulfide) groups is 1. The number of aromatic amines is 1. The minimum absolute atomic E-state index is 0.134. The molecule has 5 nitrogen and oxygen atoms in total. The van der Waals surface area contributed by atoms with Gasteiger partial charge < -0.3 is 5.11 Å². The highest BCUT2D eigenvalue weighted by molar-refractivity contribution is 7.98. The van der Waals surface area contributed by atoms with Gasteiger partial charge in [0.15, 0.2) is 0 Å². The summed E-state index contributed by atoms with van der Waals surface area (Å²) in [5.41, 5.74) is -0.421. The van der Waals surface area contributed by atoms with Crippen molar-refractivity contribution in [3.8, 4) is 17.0 Å². The van der Waals surface area contributed by atoms with E-state index in [-0.39, 0.29) is 17.5 Å². The Balaban J connectivity index is 2.69. The van der Waals surface area contributed by atoms with Crippen LogP contribution >= 0.6 is 11.8 Å². The topological polar surface area (TPSA) is 75.1 Å². The third-order valence-electron chi connectivity index (χ3n) is 3.38. The summed E-state index contributed by atoms with van der Waals surface area (Å²) in [5.74, 6) is 0.417. The van der Waals surface area contributed by atoms with Crippen LogP contribution in [0.1, 0.15) is 19.4 Å². The maximum absolute atomic E-state index is 12.1. The molecule has 0 saturated heterocycles. The first-order valence-corrected chi connectivity index (χ1v) is 8.11. The highest BCUT2D eigenvalue weighted by atomic mass is 32.2. The van der Waals surface area contributed by atoms with Crippen molar-refractivity contribution in [3.05, 3.63) is 51.2 Å². The molecule has 0 aliphatic carbocycles. The Morgan fingerprint density at radius 3 is 2.52 bits per heavy atom. The predicted molar refractivity (Wildman–Crippen MR) is 86.1 cm³/mol. The van der Waals surface area contributed by atoms with E-state index in [1.54, 1.807) is 36.0 Å². The normalized spacial score (nSPS) is 12.3. The minimum Gasteiger partial charge on any atom is -0.494 e. The molecule has 1 atom stereocenters. The van der Waals surface area contributed by atoms with Crippen LogP contribution in [-0.2, 0) is 0 Å². The van der Waals surface area contributed by atoms with Gasteiger partial charge in [0.1, 0.15) is 5.56 Å². The zero-order chi connectivity index (χ0) is 15.4. The molecule has 0 aliphatic rings. The van der Waals surface area contributed by atoms with E-state index in [4.69, 9.17) is 0 Å². The van der Waals surface area contributed by atoms with E-state index in [0.717, 1.165) is 0 Å². The molecule has 0 bridgehead atoms. The third kappa shape index (κ3) is 3.05. The summed E-state index contributed by atoms with van der Waals surface area (Å²) in [4.78, 5) is 26.4. The number of aromatic hydroxyl groups is 1. The summed E-state index contributed by atoms with van der Waals surface area (Å²) in [5, 5.41) is 10.5. The zero-order valence-electron chi connectivity index (χ0n) is 12.0. The molecule has 0 amide bonds. The number of aromatic nitrogens is 2. The van der Waals surface area contributed by atoms with Crippen LogP contribution in [0.15, 0.2) is 39.9 Å². The number of H-pyrrole nitrogens is 1. The first-order valence-electron chi connectivity index (χ1n) is 6.72. The molecule has 2 N–H and O–H groups in total. The monoisotopic (exact) mass is 306 g/mol. The first-order chi connectivity index (χ1) is 10.1. The van der Waals surface area contributed by atoms with Gasteiger partial charge in [-0.2, -0.15) is 11.8 Å². The van der Waals surface area contributed by atoms with Crippen molar-refractivity contribution in [2.45, 2.75) is 19.4 Å². The number of benzene rings is 1. The molecular weight excluding hydrogens is 288 g/mol. The molecule has 0 aliphatic heterocycles. The Morgan fingerprint density at radius 2 is 1.95 bits per heavy atom. The van der Waals surface area contributed by atoms with Crippen LogP contribution in [0.3, 0.4) is 0 Å². The standard InChI is InChI=1S/C15H18N2O3S/c1-3-11(9-21-2)17-14(19)12(13(18)16-15(17)20)10-7-5-4-6-8-10/h4-8,11,19H,3,9H2,1-2H3,(H,16,18,20). The Bertz CT molecular complexity index is 722. The fourth-order valence-corrected chi connectivity index (χ4v) is 3.08. The van der Waals surface area contributed by atoms with Crippen LogP contribution in [0.4, 0.5) is 0 Å². The fourth-order valence-electron chi connectivity index (χ4n) is 2.31. The number of nitrogens with one attached hydrogen (secondary N) is 1. The summed E-state index contributed by atoms with van der Waals surface area (Å²) in [6, 6.07) is 8.69. The second-order valence-electron chi connectivity index (χ2n) is 4.71. The number of rotatable bonds is 5. The van der Waals surface area contributed by atoms with Gasteiger partial charge in [-0.3, -0.25) is 14.3 Å². The van der Waals surface area contributed by atoms with Gasteiger partial charge in [-0.05, 0) is 18.2 Å². The summed E-state index contributed by atoms with van der Waals surface area (Å²) in [7, 11) is 0. The number of hydrogen-bond acceptors (Lipinski definition) is 4. The van der Waals surface area contributed by atoms with Crippen molar-refractivity contribution in [3.63, 3.8) is 0 Å². The predicted octanol–water partition coefficient (Wildman–Crippen LogP) is 2.22. The lowest BCUT2D eigenvalue weighted by atomic mass is 10.1. The molecule has 1 unspecified atom stereocenters. The average molecular weight is 306 g/mol. The Labute approximate surface area is 126 Å². The third-order valence-corrected chi connectivity index (χ3v) is 4.09. The van der Waals surface area contributed by atoms with Gasteiger partial charge in [0, 0.05) is 5.75 Å². The summed E-state index contributed by atoms with van der Waals surface area (Å²) >= 11 is 1.59. The van der Waals surface area contributed by atoms with Gasteiger partial charge >= 0.3 is 5.69 Å². The molecule has 112 valence electrons. The van der Waals surface area contributed by atoms with Crippen LogP contribution in [0.5, 0.6) is 5.88 Å². The summed E-state index contributed by atoms with van der Waals surface area (Å²) in [6.07, 6.45) is 2.63. The van der Waals surface area contributed by atoms with Gasteiger partial charge in [0.05, 0.1) is 6.04 Å². The van der Waals surface area contributed by atoms with E-state index in [1.165, 1.54) is 4.57 Å². The minimum atomic E-state index is -0.571. The van der Waals surface area contributed by atoms with Crippen LogP contribution in [0.2, 0.25) is 0 Å². The molecule has 1 heterocycles. The van der Waals surface area contributed by atoms with E-state index in [0.29, 0.717) is 17.7 Å². The van der Waals surface area contributed by atoms with Crippen LogP contribution in [0, 0.1) is 0 Å². The highest BCUT2D eigenvalue weighted by Gasteiger charge is 2.20. The molecule has 1 aromatic heterocycles. The van der Waals surface area contributed by atoms with Crippen molar-refractivity contribution >= 4 is 11.8 Å². The van der Waals surface area contributed by atoms with Crippen molar-refractivity contribution in [1.82, 2.24) is 9.55 Å². The molecule has 0 fully saturated rings. The smallest absolute Gasteiger partial charge is 0.331 e. The molecule has 0 radical (unpaired) electrons. The van der Waals surface area contributed by atoms with Gasteiger partial charge in [-0.25, -0.2) is 4.79 Å². The Morgan fingerprint density at radius 1 is 1.29 bits per heavy atom. The molecule has 0 saturated carbocycles. The van der Waals surface area contributed by atoms with E-state index < -0.39 is 11.2 Å². The molecule has 0 spiro atoms. The maximum atomic E-state index is 12.1. The lowest BCUT2D eigenvalue weighted by Gasteiger charge is -2.19. The van der Waals surface area contributed by atoms with Crippen molar-refractivity contribution in [1.29, 1.82) is 0 Å². The van der Waals surface area contributed by atoms with Gasteiger partial charge in [0.25, 0.3) is 5.56 Å². The quantitative estimate of drug-likeness (QED) is 0.888. The molecule has 2 rings (SSSR count). The van der Waals surface area contributed by atoms with Gasteiger partial charge in [-0.1, -0.05) is 37.3 Å². The largest absolute Gasteiger partial charge is 0.494 e. The second kappa shape index (κ2) is 6.67. The SMILES string of the molecule is CCC(CSC)n1c(O)c(-c2ccccc2)c(=O)[nH]c1=O. The van der Waals surface area contributed by atoms with Crippen molar-refractivity contribution < 1.29 is 5.11 Å². The van der Waals surface area contributed by atoms with E-state index >= 15 is 0 Å². The van der Waals surface area contributed by atoms with E-state index in [1.807, 2.05) is 19.2 Å². The van der Waals surface area contributed by atoms with Crippen molar-refractivity contribution in [2.24, 2.45) is 0 Å². The maximum Gasteiger partial charge on any atom is 0.331 e. The van der Waals surface area contributed by atoms with Gasteiger partial charge in [-0.15, -0.1) is 0 Å². The molecule has 1 aromatic carbocycles. The van der Waals surface area contributed by atoms with Crippen LogP contribution < -0.4 is 11.2 Å². The van der Waals surface area contributed by atoms with E-state index in [2.05, 4.69) is 4.98 Å². The lowest BCUT2D eigenvalue weighted by Crippen LogP contribution is -2.34. The molecule has 6 heteroatoms. The molecule has 21 heavy (non-hydrogen) atoms. The average Bonchev–Trinajstić information content (AvgIpc) is 2.47. The van der Waals surface area contributed by atoms with Crippen molar-refractivity contribution in [2.75, 3.05) is 12.0 Å². The van der Waals surface area contributed by atoms with Crippen LogP contribution in [-0.4, -0.2) is 26.7 Å². The number of nitrogens with zero attached hydrogens (tertiary/aromatic N) is 1. The fraction of sp³-hybridized carbons (Fsp3) is 0.333. The van der Waals surface area contributed by atoms with E-state index in [9.17, 15) is 14.7 Å². The molecule has 2 aromatic rings. The summed E-state index contributed by atoms with van der Waals surface area (Å²) in [6.45, 7) is 1.94. The second-order valence-corrected chi connectivity index (χ2v) is 5.62. The molecular formula is C15H18N2O3S. The van der Waals surface area contributed by atoms with Crippen LogP contribution in [0.25, 0.3) is 11.1 Å². The lowest BCUT2D eigenvalue weighted by molar-refractivity contribution is 0.372. The number of hydrogen-bond donors (Lipinski definition) is 2. The summed E-state index contributed by atoms with van der Waals surface area (Å²) < 4.78 is 1.28. The Kier molecular flexibility index (Phi) is 4.90. The zero-order valence-corrected chi connectivity index (χ0v) is 12.8. The highest BCUT2D eigenvalue weighted by Crippen LogP contribution is 2.27.